The van der Waals surface area contributed by atoms with E-state index in [1.165, 1.54) is 25.7 Å². The first kappa shape index (κ1) is 12.6. The molecule has 0 radical (unpaired) electrons. The highest BCUT2D eigenvalue weighted by molar-refractivity contribution is 9.10. The molecule has 0 bridgehead atoms. The third-order valence-electron chi connectivity index (χ3n) is 4.60. The summed E-state index contributed by atoms with van der Waals surface area (Å²) in [5.74, 6) is 7.52. The van der Waals surface area contributed by atoms with E-state index >= 15 is 0 Å². The van der Waals surface area contributed by atoms with Gasteiger partial charge in [0.05, 0.1) is 10.5 Å². The molecule has 3 unspecified atom stereocenters. The van der Waals surface area contributed by atoms with Crippen molar-refractivity contribution in [2.45, 2.75) is 31.7 Å². The number of hydrazine groups is 1. The number of halogens is 2. The van der Waals surface area contributed by atoms with Crippen LogP contribution in [-0.2, 0) is 0 Å². The van der Waals surface area contributed by atoms with Crippen LogP contribution >= 0.6 is 15.9 Å². The molecule has 4 heteroatoms. The minimum absolute atomic E-state index is 0.0457. The highest BCUT2D eigenvalue weighted by Crippen LogP contribution is 2.60. The molecule has 0 aliphatic heterocycles. The number of nitrogens with one attached hydrogen (secondary N) is 1. The second-order valence-corrected chi connectivity index (χ2v) is 6.33. The second kappa shape index (κ2) is 4.91. The first-order valence-corrected chi connectivity index (χ1v) is 7.43. The van der Waals surface area contributed by atoms with E-state index in [1.807, 2.05) is 12.1 Å². The fourth-order valence-electron chi connectivity index (χ4n) is 3.71. The summed E-state index contributed by atoms with van der Waals surface area (Å²) in [4.78, 5) is 0. The third kappa shape index (κ3) is 2.00. The van der Waals surface area contributed by atoms with Crippen molar-refractivity contribution in [1.29, 1.82) is 0 Å². The van der Waals surface area contributed by atoms with Crippen molar-refractivity contribution in [3.05, 3.63) is 34.1 Å². The number of hydrogen-bond donors (Lipinski definition) is 2. The van der Waals surface area contributed by atoms with Gasteiger partial charge in [0, 0.05) is 5.56 Å². The fourth-order valence-corrected chi connectivity index (χ4v) is 4.09. The summed E-state index contributed by atoms with van der Waals surface area (Å²) < 4.78 is 14.7. The van der Waals surface area contributed by atoms with Gasteiger partial charge in [-0.25, -0.2) is 4.39 Å². The normalized spacial score (nSPS) is 31.8. The summed E-state index contributed by atoms with van der Waals surface area (Å²) in [5.41, 5.74) is 3.54. The molecule has 3 N–H and O–H groups in total. The summed E-state index contributed by atoms with van der Waals surface area (Å²) >= 11 is 3.25. The zero-order chi connectivity index (χ0) is 12.7. The van der Waals surface area contributed by atoms with E-state index in [-0.39, 0.29) is 11.9 Å². The summed E-state index contributed by atoms with van der Waals surface area (Å²) in [7, 11) is 0. The van der Waals surface area contributed by atoms with E-state index in [2.05, 4.69) is 21.4 Å². The third-order valence-corrected chi connectivity index (χ3v) is 5.22. The zero-order valence-corrected chi connectivity index (χ0v) is 11.8. The summed E-state index contributed by atoms with van der Waals surface area (Å²) in [6.07, 6.45) is 5.19. The Labute approximate surface area is 115 Å². The van der Waals surface area contributed by atoms with Crippen LogP contribution in [0.15, 0.2) is 22.7 Å². The molecule has 0 saturated heterocycles. The molecule has 0 spiro atoms. The Morgan fingerprint density at radius 1 is 1.28 bits per heavy atom. The lowest BCUT2D eigenvalue weighted by atomic mass is 10.00. The molecule has 18 heavy (non-hydrogen) atoms. The Bertz CT molecular complexity index is 439. The largest absolute Gasteiger partial charge is 0.271 e. The topological polar surface area (TPSA) is 38.0 Å². The van der Waals surface area contributed by atoms with Gasteiger partial charge in [-0.3, -0.25) is 11.3 Å². The van der Waals surface area contributed by atoms with Crippen LogP contribution in [0.4, 0.5) is 4.39 Å². The highest BCUT2D eigenvalue weighted by atomic mass is 79.9. The quantitative estimate of drug-likeness (QED) is 0.662. The van der Waals surface area contributed by atoms with E-state index in [0.29, 0.717) is 16.0 Å². The molecule has 2 fully saturated rings. The molecule has 98 valence electrons. The molecule has 2 saturated carbocycles. The second-order valence-electron chi connectivity index (χ2n) is 5.48. The van der Waals surface area contributed by atoms with E-state index < -0.39 is 0 Å². The fraction of sp³-hybridized carbons (Fsp3) is 0.571. The highest BCUT2D eigenvalue weighted by Gasteiger charge is 2.54. The van der Waals surface area contributed by atoms with Gasteiger partial charge in [-0.1, -0.05) is 25.0 Å². The number of fused-ring (bicyclic) bond motifs is 1. The van der Waals surface area contributed by atoms with Gasteiger partial charge in [0.1, 0.15) is 5.82 Å². The van der Waals surface area contributed by atoms with Crippen molar-refractivity contribution >= 4 is 15.9 Å². The van der Waals surface area contributed by atoms with Gasteiger partial charge in [-0.05, 0) is 52.6 Å². The minimum Gasteiger partial charge on any atom is -0.271 e. The number of rotatable bonds is 3. The monoisotopic (exact) mass is 312 g/mol. The Morgan fingerprint density at radius 3 is 2.56 bits per heavy atom. The van der Waals surface area contributed by atoms with Gasteiger partial charge in [0.25, 0.3) is 0 Å². The number of benzene rings is 1. The molecule has 0 aromatic heterocycles. The Balaban J connectivity index is 1.87. The SMILES string of the molecule is NNC(c1cccc(Br)c1F)C1C2CCCCC21. The Morgan fingerprint density at radius 2 is 1.94 bits per heavy atom. The van der Waals surface area contributed by atoms with Crippen molar-refractivity contribution in [2.75, 3.05) is 0 Å². The van der Waals surface area contributed by atoms with Gasteiger partial charge in [-0.15, -0.1) is 0 Å². The van der Waals surface area contributed by atoms with Gasteiger partial charge in [0.15, 0.2) is 0 Å². The van der Waals surface area contributed by atoms with Crippen LogP contribution in [0.5, 0.6) is 0 Å². The van der Waals surface area contributed by atoms with Crippen LogP contribution in [0.3, 0.4) is 0 Å². The molecule has 2 aliphatic carbocycles. The van der Waals surface area contributed by atoms with E-state index in [1.54, 1.807) is 6.07 Å². The molecule has 1 aromatic rings. The van der Waals surface area contributed by atoms with Crippen LogP contribution in [0, 0.1) is 23.6 Å². The van der Waals surface area contributed by atoms with Crippen molar-refractivity contribution < 1.29 is 4.39 Å². The average Bonchev–Trinajstić information content (AvgIpc) is 3.10. The number of hydrogen-bond acceptors (Lipinski definition) is 2. The molecule has 2 aliphatic rings. The Hall–Kier alpha value is -0.450. The van der Waals surface area contributed by atoms with E-state index in [0.717, 1.165) is 11.8 Å². The first-order valence-electron chi connectivity index (χ1n) is 6.64. The lowest BCUT2D eigenvalue weighted by Gasteiger charge is -2.18. The van der Waals surface area contributed by atoms with E-state index in [4.69, 9.17) is 5.84 Å². The molecule has 3 rings (SSSR count). The number of nitrogens with two attached hydrogens (primary N) is 1. The van der Waals surface area contributed by atoms with Crippen LogP contribution in [0.2, 0.25) is 0 Å². The maximum Gasteiger partial charge on any atom is 0.142 e. The molecule has 3 atom stereocenters. The summed E-state index contributed by atoms with van der Waals surface area (Å²) in [6.45, 7) is 0. The predicted molar refractivity (Wildman–Crippen MR) is 73.1 cm³/mol. The maximum absolute atomic E-state index is 14.2. The van der Waals surface area contributed by atoms with Crippen molar-refractivity contribution in [3.8, 4) is 0 Å². The molecule has 0 heterocycles. The maximum atomic E-state index is 14.2. The van der Waals surface area contributed by atoms with Crippen molar-refractivity contribution in [2.24, 2.45) is 23.6 Å². The van der Waals surface area contributed by atoms with Gasteiger partial charge >= 0.3 is 0 Å². The molecular formula is C14H18BrFN2. The van der Waals surface area contributed by atoms with Crippen LogP contribution < -0.4 is 11.3 Å². The standard InChI is InChI=1S/C14H18BrFN2/c15-11-7-3-6-10(13(11)16)14(18-17)12-8-4-1-2-5-9(8)12/h3,6-9,12,14,18H,1-2,4-5,17H2. The zero-order valence-electron chi connectivity index (χ0n) is 10.2. The first-order chi connectivity index (χ1) is 8.74. The minimum atomic E-state index is -0.177. The molecular weight excluding hydrogens is 295 g/mol. The summed E-state index contributed by atoms with van der Waals surface area (Å²) in [6, 6.07) is 5.40. The summed E-state index contributed by atoms with van der Waals surface area (Å²) in [5, 5.41) is 0. The average molecular weight is 313 g/mol. The smallest absolute Gasteiger partial charge is 0.142 e. The van der Waals surface area contributed by atoms with Gasteiger partial charge < -0.3 is 0 Å². The Kier molecular flexibility index (Phi) is 3.43. The van der Waals surface area contributed by atoms with Crippen LogP contribution in [-0.4, -0.2) is 0 Å². The van der Waals surface area contributed by atoms with Gasteiger partial charge in [0.2, 0.25) is 0 Å². The molecule has 1 aromatic carbocycles. The van der Waals surface area contributed by atoms with E-state index in [9.17, 15) is 4.39 Å². The van der Waals surface area contributed by atoms with Crippen molar-refractivity contribution in [1.82, 2.24) is 5.43 Å². The van der Waals surface area contributed by atoms with Crippen molar-refractivity contribution in [3.63, 3.8) is 0 Å². The predicted octanol–water partition coefficient (Wildman–Crippen LogP) is 3.53. The lowest BCUT2D eigenvalue weighted by Crippen LogP contribution is -2.31. The lowest BCUT2D eigenvalue weighted by molar-refractivity contribution is 0.435. The van der Waals surface area contributed by atoms with Crippen LogP contribution in [0.25, 0.3) is 0 Å². The molecule has 0 amide bonds. The van der Waals surface area contributed by atoms with Crippen LogP contribution in [0.1, 0.15) is 37.3 Å². The molecule has 2 nitrogen and oxygen atoms in total. The van der Waals surface area contributed by atoms with Gasteiger partial charge in [-0.2, -0.15) is 0 Å².